The van der Waals surface area contributed by atoms with Gasteiger partial charge in [0.25, 0.3) is 0 Å². The zero-order chi connectivity index (χ0) is 13.1. The first-order valence-electron chi connectivity index (χ1n) is 6.05. The number of rotatable bonds is 3. The lowest BCUT2D eigenvalue weighted by molar-refractivity contribution is 0.415. The molecule has 2 aromatic rings. The molecular formula is C16H17FO. The third-order valence-corrected chi connectivity index (χ3v) is 3.04. The van der Waals surface area contributed by atoms with Gasteiger partial charge in [0.05, 0.1) is 7.11 Å². The Labute approximate surface area is 107 Å². The van der Waals surface area contributed by atoms with Gasteiger partial charge in [-0.15, -0.1) is 0 Å². The van der Waals surface area contributed by atoms with Gasteiger partial charge in [-0.05, 0) is 41.3 Å². The quantitative estimate of drug-likeness (QED) is 0.765. The number of hydrogen-bond acceptors (Lipinski definition) is 1. The molecule has 0 bridgehead atoms. The Balaban J connectivity index is 2.51. The highest BCUT2D eigenvalue weighted by atomic mass is 19.1. The van der Waals surface area contributed by atoms with E-state index >= 15 is 0 Å². The van der Waals surface area contributed by atoms with Crippen LogP contribution in [0.3, 0.4) is 0 Å². The molecule has 18 heavy (non-hydrogen) atoms. The molecule has 0 amide bonds. The predicted molar refractivity (Wildman–Crippen MR) is 72.5 cm³/mol. The minimum atomic E-state index is -0.201. The Morgan fingerprint density at radius 1 is 1.06 bits per heavy atom. The molecule has 0 radical (unpaired) electrons. The Bertz CT molecular complexity index is 547. The molecule has 0 fully saturated rings. The van der Waals surface area contributed by atoms with Crippen LogP contribution in [0.15, 0.2) is 42.5 Å². The maximum Gasteiger partial charge on any atom is 0.131 e. The maximum absolute atomic E-state index is 13.9. The summed E-state index contributed by atoms with van der Waals surface area (Å²) in [7, 11) is 1.61. The van der Waals surface area contributed by atoms with Crippen LogP contribution in [0.1, 0.15) is 25.3 Å². The fraction of sp³-hybridized carbons (Fsp3) is 0.250. The van der Waals surface area contributed by atoms with Gasteiger partial charge in [0.2, 0.25) is 0 Å². The molecule has 0 heterocycles. The van der Waals surface area contributed by atoms with Crippen molar-refractivity contribution in [2.24, 2.45) is 0 Å². The minimum Gasteiger partial charge on any atom is -0.497 e. The number of benzene rings is 2. The average Bonchev–Trinajstić information content (AvgIpc) is 2.39. The van der Waals surface area contributed by atoms with Gasteiger partial charge >= 0.3 is 0 Å². The van der Waals surface area contributed by atoms with E-state index in [9.17, 15) is 4.39 Å². The summed E-state index contributed by atoms with van der Waals surface area (Å²) in [5.74, 6) is 0.921. The van der Waals surface area contributed by atoms with E-state index in [0.717, 1.165) is 16.9 Å². The number of halogens is 1. The van der Waals surface area contributed by atoms with E-state index in [1.54, 1.807) is 7.11 Å². The number of hydrogen-bond donors (Lipinski definition) is 0. The molecule has 0 spiro atoms. The molecule has 0 aliphatic heterocycles. The zero-order valence-corrected chi connectivity index (χ0v) is 10.9. The average molecular weight is 244 g/mol. The smallest absolute Gasteiger partial charge is 0.131 e. The van der Waals surface area contributed by atoms with Gasteiger partial charge in [0.15, 0.2) is 0 Å². The molecule has 0 unspecified atom stereocenters. The SMILES string of the molecule is COc1cccc(-c2cc(C(C)C)ccc2F)c1. The van der Waals surface area contributed by atoms with Gasteiger partial charge in [0, 0.05) is 5.56 Å². The largest absolute Gasteiger partial charge is 0.497 e. The molecule has 0 N–H and O–H groups in total. The van der Waals surface area contributed by atoms with E-state index in [1.165, 1.54) is 6.07 Å². The summed E-state index contributed by atoms with van der Waals surface area (Å²) in [4.78, 5) is 0. The fourth-order valence-corrected chi connectivity index (χ4v) is 1.91. The Hall–Kier alpha value is -1.83. The second kappa shape index (κ2) is 5.21. The van der Waals surface area contributed by atoms with Crippen molar-refractivity contribution in [3.8, 4) is 16.9 Å². The van der Waals surface area contributed by atoms with Gasteiger partial charge in [-0.25, -0.2) is 4.39 Å². The van der Waals surface area contributed by atoms with Crippen LogP contribution < -0.4 is 4.74 Å². The summed E-state index contributed by atoms with van der Waals surface area (Å²) >= 11 is 0. The zero-order valence-electron chi connectivity index (χ0n) is 10.9. The highest BCUT2D eigenvalue weighted by molar-refractivity contribution is 5.66. The van der Waals surface area contributed by atoms with Crippen LogP contribution in [-0.2, 0) is 0 Å². The van der Waals surface area contributed by atoms with Crippen molar-refractivity contribution in [2.45, 2.75) is 19.8 Å². The van der Waals surface area contributed by atoms with Gasteiger partial charge in [-0.2, -0.15) is 0 Å². The Morgan fingerprint density at radius 2 is 1.83 bits per heavy atom. The van der Waals surface area contributed by atoms with Crippen LogP contribution >= 0.6 is 0 Å². The van der Waals surface area contributed by atoms with Crippen molar-refractivity contribution in [2.75, 3.05) is 7.11 Å². The highest BCUT2D eigenvalue weighted by Gasteiger charge is 2.09. The molecule has 2 rings (SSSR count). The molecule has 94 valence electrons. The molecular weight excluding hydrogens is 227 g/mol. The first kappa shape index (κ1) is 12.6. The Kier molecular flexibility index (Phi) is 3.66. The van der Waals surface area contributed by atoms with Crippen molar-refractivity contribution in [1.82, 2.24) is 0 Å². The van der Waals surface area contributed by atoms with Crippen molar-refractivity contribution in [1.29, 1.82) is 0 Å². The van der Waals surface area contributed by atoms with Crippen molar-refractivity contribution >= 4 is 0 Å². The summed E-state index contributed by atoms with van der Waals surface area (Å²) in [6.07, 6.45) is 0. The molecule has 0 aliphatic rings. The van der Waals surface area contributed by atoms with E-state index in [-0.39, 0.29) is 5.82 Å². The summed E-state index contributed by atoms with van der Waals surface area (Å²) in [5.41, 5.74) is 2.60. The van der Waals surface area contributed by atoms with Crippen LogP contribution in [0.5, 0.6) is 5.75 Å². The fourth-order valence-electron chi connectivity index (χ4n) is 1.91. The summed E-state index contributed by atoms with van der Waals surface area (Å²) in [5, 5.41) is 0. The molecule has 0 saturated heterocycles. The molecule has 1 nitrogen and oxygen atoms in total. The number of methoxy groups -OCH3 is 1. The maximum atomic E-state index is 13.9. The first-order valence-corrected chi connectivity index (χ1v) is 6.05. The van der Waals surface area contributed by atoms with Crippen molar-refractivity contribution < 1.29 is 9.13 Å². The van der Waals surface area contributed by atoms with E-state index in [2.05, 4.69) is 13.8 Å². The topological polar surface area (TPSA) is 9.23 Å². The van der Waals surface area contributed by atoms with Crippen molar-refractivity contribution in [3.05, 3.63) is 53.8 Å². The van der Waals surface area contributed by atoms with Gasteiger partial charge in [0.1, 0.15) is 11.6 Å². The standard InChI is InChI=1S/C16H17FO/c1-11(2)12-7-8-16(17)15(10-12)13-5-4-6-14(9-13)18-3/h4-11H,1-3H3. The van der Waals surface area contributed by atoms with E-state index in [1.807, 2.05) is 36.4 Å². The molecule has 0 aliphatic carbocycles. The lowest BCUT2D eigenvalue weighted by atomic mass is 9.97. The first-order chi connectivity index (χ1) is 8.61. The second-order valence-electron chi connectivity index (χ2n) is 4.63. The lowest BCUT2D eigenvalue weighted by Crippen LogP contribution is -1.92. The van der Waals surface area contributed by atoms with E-state index in [0.29, 0.717) is 11.5 Å². The van der Waals surface area contributed by atoms with Gasteiger partial charge in [-0.3, -0.25) is 0 Å². The second-order valence-corrected chi connectivity index (χ2v) is 4.63. The third kappa shape index (κ3) is 2.53. The summed E-state index contributed by atoms with van der Waals surface area (Å²) < 4.78 is 19.1. The number of ether oxygens (including phenoxy) is 1. The minimum absolute atomic E-state index is 0.201. The van der Waals surface area contributed by atoms with Crippen LogP contribution in [0, 0.1) is 5.82 Å². The molecule has 0 atom stereocenters. The predicted octanol–water partition coefficient (Wildman–Crippen LogP) is 4.62. The van der Waals surface area contributed by atoms with Crippen LogP contribution in [0.2, 0.25) is 0 Å². The van der Waals surface area contributed by atoms with Gasteiger partial charge in [-0.1, -0.05) is 32.0 Å². The van der Waals surface area contributed by atoms with Crippen LogP contribution in [0.4, 0.5) is 4.39 Å². The lowest BCUT2D eigenvalue weighted by Gasteiger charge is -2.10. The molecule has 0 saturated carbocycles. The molecule has 0 aromatic heterocycles. The summed E-state index contributed by atoms with van der Waals surface area (Å²) in [6.45, 7) is 4.20. The van der Waals surface area contributed by atoms with E-state index in [4.69, 9.17) is 4.74 Å². The van der Waals surface area contributed by atoms with Crippen molar-refractivity contribution in [3.63, 3.8) is 0 Å². The molecule has 2 aromatic carbocycles. The molecule has 2 heteroatoms. The van der Waals surface area contributed by atoms with Gasteiger partial charge < -0.3 is 4.74 Å². The third-order valence-electron chi connectivity index (χ3n) is 3.04. The van der Waals surface area contributed by atoms with Crippen LogP contribution in [0.25, 0.3) is 11.1 Å². The van der Waals surface area contributed by atoms with Crippen LogP contribution in [-0.4, -0.2) is 7.11 Å². The van der Waals surface area contributed by atoms with E-state index < -0.39 is 0 Å². The normalized spacial score (nSPS) is 10.7. The summed E-state index contributed by atoms with van der Waals surface area (Å²) in [6, 6.07) is 12.7. The monoisotopic (exact) mass is 244 g/mol. The Morgan fingerprint density at radius 3 is 2.50 bits per heavy atom. The highest BCUT2D eigenvalue weighted by Crippen LogP contribution is 2.29.